The first-order chi connectivity index (χ1) is 16.3. The topological polar surface area (TPSA) is 90.7 Å². The van der Waals surface area contributed by atoms with Crippen LogP contribution >= 0.6 is 0 Å². The van der Waals surface area contributed by atoms with Crippen molar-refractivity contribution in [3.05, 3.63) is 63.7 Å². The van der Waals surface area contributed by atoms with E-state index in [1.165, 1.54) is 0 Å². The fraction of sp³-hybridized carbons (Fsp3) is 0.348. The number of piperazine rings is 1. The lowest BCUT2D eigenvalue weighted by Gasteiger charge is -2.32. The Morgan fingerprint density at radius 2 is 1.85 bits per heavy atom. The highest BCUT2D eigenvalue weighted by molar-refractivity contribution is 5.92. The lowest BCUT2D eigenvalue weighted by molar-refractivity contribution is 0.0695. The molecule has 34 heavy (non-hydrogen) atoms. The molecule has 2 saturated heterocycles. The quantitative estimate of drug-likeness (QED) is 0.599. The van der Waals surface area contributed by atoms with Gasteiger partial charge in [0.25, 0.3) is 0 Å². The Hall–Kier alpha value is -3.44. The van der Waals surface area contributed by atoms with Gasteiger partial charge in [-0.25, -0.2) is 22.9 Å². The third kappa shape index (κ3) is 3.90. The van der Waals surface area contributed by atoms with E-state index in [9.17, 15) is 23.5 Å². The minimum absolute atomic E-state index is 0.00359. The Morgan fingerprint density at radius 1 is 1.09 bits per heavy atom. The van der Waals surface area contributed by atoms with Crippen molar-refractivity contribution in [2.24, 2.45) is 0 Å². The van der Waals surface area contributed by atoms with Crippen molar-refractivity contribution in [3.8, 4) is 5.69 Å². The third-order valence-electron chi connectivity index (χ3n) is 6.44. The Labute approximate surface area is 192 Å². The fourth-order valence-corrected chi connectivity index (χ4v) is 4.73. The lowest BCUT2D eigenvalue weighted by atomic mass is 10.1. The van der Waals surface area contributed by atoms with E-state index in [0.717, 1.165) is 61.6 Å². The monoisotopic (exact) mass is 473 g/mol. The summed E-state index contributed by atoms with van der Waals surface area (Å²) in [4.78, 5) is 32.9. The van der Waals surface area contributed by atoms with Crippen molar-refractivity contribution in [1.29, 1.82) is 0 Å². The molecule has 2 fully saturated rings. The molecule has 1 unspecified atom stereocenters. The van der Waals surface area contributed by atoms with Crippen LogP contribution in [-0.2, 0) is 0 Å². The van der Waals surface area contributed by atoms with Crippen molar-refractivity contribution in [3.63, 3.8) is 0 Å². The number of benzene rings is 1. The van der Waals surface area contributed by atoms with Crippen LogP contribution in [0.15, 0.2) is 35.3 Å². The fourth-order valence-electron chi connectivity index (χ4n) is 4.73. The van der Waals surface area contributed by atoms with Gasteiger partial charge in [-0.2, -0.15) is 0 Å². The predicted octanol–water partition coefficient (Wildman–Crippen LogP) is 1.99. The number of hydrogen-bond acceptors (Lipinski definition) is 6. The van der Waals surface area contributed by atoms with Crippen LogP contribution in [0.3, 0.4) is 0 Å². The molecule has 0 radical (unpaired) electrons. The van der Waals surface area contributed by atoms with E-state index in [1.807, 2.05) is 0 Å². The van der Waals surface area contributed by atoms with Crippen LogP contribution < -0.4 is 15.6 Å². The summed E-state index contributed by atoms with van der Waals surface area (Å²) in [7, 11) is 0. The Bertz CT molecular complexity index is 1340. The molecule has 4 heterocycles. The van der Waals surface area contributed by atoms with Crippen LogP contribution in [0.4, 0.5) is 19.0 Å². The molecule has 2 aliphatic rings. The van der Waals surface area contributed by atoms with Gasteiger partial charge in [-0.05, 0) is 24.6 Å². The molecule has 0 saturated carbocycles. The number of anilines is 1. The summed E-state index contributed by atoms with van der Waals surface area (Å²) in [5.74, 6) is -4.11. The number of carboxylic acids is 1. The average molecular weight is 473 g/mol. The van der Waals surface area contributed by atoms with Crippen molar-refractivity contribution < 1.29 is 23.1 Å². The van der Waals surface area contributed by atoms with Gasteiger partial charge in [-0.15, -0.1) is 0 Å². The second kappa shape index (κ2) is 8.73. The van der Waals surface area contributed by atoms with E-state index in [0.29, 0.717) is 19.2 Å². The molecule has 0 amide bonds. The maximum atomic E-state index is 15.2. The van der Waals surface area contributed by atoms with Crippen LogP contribution in [0.1, 0.15) is 16.8 Å². The van der Waals surface area contributed by atoms with Gasteiger partial charge >= 0.3 is 5.97 Å². The molecule has 2 aromatic heterocycles. The Balaban J connectivity index is 1.63. The zero-order valence-corrected chi connectivity index (χ0v) is 18.1. The smallest absolute Gasteiger partial charge is 0.341 e. The first kappa shape index (κ1) is 22.4. The van der Waals surface area contributed by atoms with E-state index in [-0.39, 0.29) is 28.6 Å². The van der Waals surface area contributed by atoms with E-state index in [4.69, 9.17) is 0 Å². The van der Waals surface area contributed by atoms with Gasteiger partial charge < -0.3 is 15.3 Å². The summed E-state index contributed by atoms with van der Waals surface area (Å²) in [5.41, 5.74) is -1.92. The normalized spacial score (nSPS) is 19.1. The summed E-state index contributed by atoms with van der Waals surface area (Å²) < 4.78 is 44.3. The summed E-state index contributed by atoms with van der Waals surface area (Å²) in [6.07, 6.45) is 1.75. The Morgan fingerprint density at radius 3 is 2.56 bits per heavy atom. The molecule has 178 valence electrons. The highest BCUT2D eigenvalue weighted by Gasteiger charge is 2.31. The van der Waals surface area contributed by atoms with Crippen LogP contribution in [0, 0.1) is 17.5 Å². The average Bonchev–Trinajstić information content (AvgIpc) is 3.30. The minimum Gasteiger partial charge on any atom is -0.477 e. The number of pyridine rings is 2. The first-order valence-electron chi connectivity index (χ1n) is 11.0. The first-order valence-corrected chi connectivity index (χ1v) is 11.0. The van der Waals surface area contributed by atoms with E-state index >= 15 is 4.39 Å². The molecule has 5 rings (SSSR count). The number of hydrogen-bond donors (Lipinski definition) is 2. The third-order valence-corrected chi connectivity index (χ3v) is 6.44. The molecule has 3 aromatic rings. The van der Waals surface area contributed by atoms with Gasteiger partial charge in [0, 0.05) is 57.6 Å². The number of aromatic carboxylic acids is 1. The van der Waals surface area contributed by atoms with Gasteiger partial charge in [-0.1, -0.05) is 0 Å². The number of aromatic nitrogens is 2. The molecule has 1 atom stereocenters. The number of nitrogens with one attached hydrogen (secondary N) is 1. The molecule has 1 aromatic carbocycles. The molecule has 11 heteroatoms. The van der Waals surface area contributed by atoms with Gasteiger partial charge in [-0.3, -0.25) is 14.3 Å². The second-order valence-electron chi connectivity index (χ2n) is 8.48. The number of halogens is 3. The number of carbonyl (C=O) groups is 1. The van der Waals surface area contributed by atoms with Crippen molar-refractivity contribution >= 4 is 22.8 Å². The van der Waals surface area contributed by atoms with Gasteiger partial charge in [0.1, 0.15) is 17.2 Å². The second-order valence-corrected chi connectivity index (χ2v) is 8.48. The van der Waals surface area contributed by atoms with Crippen LogP contribution in [0.5, 0.6) is 0 Å². The zero-order valence-electron chi connectivity index (χ0n) is 18.1. The summed E-state index contributed by atoms with van der Waals surface area (Å²) in [6, 6.07) is 3.93. The van der Waals surface area contributed by atoms with Crippen molar-refractivity contribution in [2.75, 3.05) is 44.2 Å². The van der Waals surface area contributed by atoms with Crippen LogP contribution in [-0.4, -0.2) is 70.8 Å². The summed E-state index contributed by atoms with van der Waals surface area (Å²) in [5, 5.41) is 12.5. The van der Waals surface area contributed by atoms with Gasteiger partial charge in [0.05, 0.1) is 11.1 Å². The van der Waals surface area contributed by atoms with Gasteiger partial charge in [0.2, 0.25) is 5.43 Å². The maximum Gasteiger partial charge on any atom is 0.341 e. The van der Waals surface area contributed by atoms with E-state index < -0.39 is 34.4 Å². The van der Waals surface area contributed by atoms with Crippen molar-refractivity contribution in [1.82, 2.24) is 19.8 Å². The number of nitrogens with zero attached hydrogens (tertiary/aromatic N) is 4. The molecular weight excluding hydrogens is 451 g/mol. The minimum atomic E-state index is -1.55. The number of rotatable bonds is 4. The van der Waals surface area contributed by atoms with E-state index in [1.54, 1.807) is 4.90 Å². The maximum absolute atomic E-state index is 15.2. The Kier molecular flexibility index (Phi) is 5.74. The number of fused-ring (bicyclic) bond motifs is 1. The SMILES string of the molecule is O=C(O)c1cn(-c2ccc(F)cc2F)c2nc(N3CCC(N4CCNCC4)C3)c(F)cc2c1=O. The number of carboxylic acid groups (broad SMARTS) is 1. The van der Waals surface area contributed by atoms with Gasteiger partial charge in [0.15, 0.2) is 17.3 Å². The zero-order chi connectivity index (χ0) is 24.0. The highest BCUT2D eigenvalue weighted by Crippen LogP contribution is 2.28. The molecular formula is C23H22F3N5O3. The molecule has 2 N–H and O–H groups in total. The molecule has 2 aliphatic heterocycles. The van der Waals surface area contributed by atoms with Crippen molar-refractivity contribution in [2.45, 2.75) is 12.5 Å². The lowest BCUT2D eigenvalue weighted by Crippen LogP contribution is -2.49. The largest absolute Gasteiger partial charge is 0.477 e. The highest BCUT2D eigenvalue weighted by atomic mass is 19.1. The van der Waals surface area contributed by atoms with Crippen LogP contribution in [0.2, 0.25) is 0 Å². The van der Waals surface area contributed by atoms with E-state index in [2.05, 4.69) is 15.2 Å². The predicted molar refractivity (Wildman–Crippen MR) is 119 cm³/mol. The molecule has 8 nitrogen and oxygen atoms in total. The molecule has 0 bridgehead atoms. The molecule has 0 aliphatic carbocycles. The summed E-state index contributed by atoms with van der Waals surface area (Å²) in [6.45, 7) is 4.66. The standard InChI is InChI=1S/C23H22F3N5O3/c24-13-1-2-19(17(25)9-13)31-12-16(23(33)34)20(32)15-10-18(26)22(28-21(15)31)30-6-3-14(11-30)29-7-4-27-5-8-29/h1-2,9-10,12,14,27H,3-8,11H2,(H,33,34). The van der Waals surface area contributed by atoms with Crippen LogP contribution in [0.25, 0.3) is 16.7 Å². The summed E-state index contributed by atoms with van der Waals surface area (Å²) >= 11 is 0. The molecule has 0 spiro atoms.